The molecule has 24 heavy (non-hydrogen) atoms. The van der Waals surface area contributed by atoms with Gasteiger partial charge in [0.25, 0.3) is 0 Å². The molecular weight excluding hydrogens is 312 g/mol. The molecule has 1 aromatic carbocycles. The van der Waals surface area contributed by atoms with Crippen LogP contribution in [0.25, 0.3) is 0 Å². The average molecular weight is 336 g/mol. The monoisotopic (exact) mass is 336 g/mol. The van der Waals surface area contributed by atoms with Gasteiger partial charge in [-0.05, 0) is 38.5 Å². The van der Waals surface area contributed by atoms with E-state index in [-0.39, 0.29) is 11.9 Å². The number of carbonyl (C=O) groups is 2. The molecule has 0 aliphatic carbocycles. The fourth-order valence-corrected chi connectivity index (χ4v) is 2.83. The topological polar surface area (TPSA) is 82.1 Å². The molecule has 1 N–H and O–H groups in total. The summed E-state index contributed by atoms with van der Waals surface area (Å²) >= 11 is 0. The lowest BCUT2D eigenvalue weighted by atomic mass is 9.85. The van der Waals surface area contributed by atoms with Crippen molar-refractivity contribution < 1.29 is 28.9 Å². The zero-order valence-corrected chi connectivity index (χ0v) is 14.4. The van der Waals surface area contributed by atoms with Gasteiger partial charge >= 0.3 is 5.97 Å². The Labute approximate surface area is 141 Å². The maximum absolute atomic E-state index is 11.5. The van der Waals surface area contributed by atoms with Crippen LogP contribution in [0.4, 0.5) is 0 Å². The second-order valence-electron chi connectivity index (χ2n) is 6.55. The molecule has 2 rings (SSSR count). The number of benzene rings is 1. The maximum Gasteiger partial charge on any atom is 0.314 e. The molecule has 1 aliphatic heterocycles. The number of carboxylic acids is 1. The highest BCUT2D eigenvalue weighted by atomic mass is 16.7. The Balaban J connectivity index is 1.95. The molecular formula is C18H24O6. The molecule has 132 valence electrons. The van der Waals surface area contributed by atoms with Crippen LogP contribution in [-0.4, -0.2) is 42.0 Å². The number of Topliss-reactive ketones (excluding diaryl/α,β-unsaturated/α-hetero) is 1. The predicted molar refractivity (Wildman–Crippen MR) is 87.1 cm³/mol. The Morgan fingerprint density at radius 1 is 1.33 bits per heavy atom. The van der Waals surface area contributed by atoms with Crippen LogP contribution < -0.4 is 4.74 Å². The molecule has 0 bridgehead atoms. The highest BCUT2D eigenvalue weighted by Gasteiger charge is 2.33. The summed E-state index contributed by atoms with van der Waals surface area (Å²) in [5, 5.41) is 9.21. The van der Waals surface area contributed by atoms with E-state index in [1.54, 1.807) is 31.2 Å². The standard InChI is InChI=1S/C18H24O6/c1-11(16(12(2)19)17(20)21)13-5-7-14(8-6-13)22-9-15-10-23-18(3,4)24-15/h5-8,11,15-16H,9-10H2,1-4H3,(H,20,21). The van der Waals surface area contributed by atoms with E-state index < -0.39 is 23.6 Å². The molecule has 0 spiro atoms. The number of carboxylic acid groups (broad SMARTS) is 1. The largest absolute Gasteiger partial charge is 0.491 e. The van der Waals surface area contributed by atoms with Crippen LogP contribution in [0.5, 0.6) is 5.75 Å². The van der Waals surface area contributed by atoms with Crippen molar-refractivity contribution in [3.8, 4) is 5.75 Å². The third-order valence-electron chi connectivity index (χ3n) is 4.11. The number of rotatable bonds is 7. The van der Waals surface area contributed by atoms with Crippen LogP contribution in [0.2, 0.25) is 0 Å². The van der Waals surface area contributed by atoms with Crippen LogP contribution in [0.3, 0.4) is 0 Å². The van der Waals surface area contributed by atoms with Crippen molar-refractivity contribution in [3.05, 3.63) is 29.8 Å². The summed E-state index contributed by atoms with van der Waals surface area (Å²) in [6, 6.07) is 7.11. The molecule has 0 aromatic heterocycles. The minimum atomic E-state index is -1.10. The number of hydrogen-bond acceptors (Lipinski definition) is 5. The van der Waals surface area contributed by atoms with Gasteiger partial charge in [-0.1, -0.05) is 19.1 Å². The normalized spacial score (nSPS) is 21.9. The quantitative estimate of drug-likeness (QED) is 0.771. The first-order chi connectivity index (χ1) is 11.2. The third kappa shape index (κ3) is 4.55. The minimum absolute atomic E-state index is 0.118. The highest BCUT2D eigenvalue weighted by molar-refractivity contribution is 5.97. The lowest BCUT2D eigenvalue weighted by molar-refractivity contribution is -0.146. The van der Waals surface area contributed by atoms with E-state index >= 15 is 0 Å². The Kier molecular flexibility index (Phi) is 5.62. The second-order valence-corrected chi connectivity index (χ2v) is 6.55. The Hall–Kier alpha value is -1.92. The van der Waals surface area contributed by atoms with Crippen LogP contribution in [0.15, 0.2) is 24.3 Å². The highest BCUT2D eigenvalue weighted by Crippen LogP contribution is 2.28. The van der Waals surface area contributed by atoms with Gasteiger partial charge in [0.2, 0.25) is 0 Å². The zero-order valence-electron chi connectivity index (χ0n) is 14.4. The van der Waals surface area contributed by atoms with Gasteiger partial charge in [0.15, 0.2) is 5.79 Å². The number of ketones is 1. The second kappa shape index (κ2) is 7.32. The first-order valence-corrected chi connectivity index (χ1v) is 7.97. The molecule has 6 nitrogen and oxygen atoms in total. The summed E-state index contributed by atoms with van der Waals surface area (Å²) in [6.07, 6.45) is -0.118. The zero-order chi connectivity index (χ0) is 17.9. The van der Waals surface area contributed by atoms with Crippen LogP contribution >= 0.6 is 0 Å². The van der Waals surface area contributed by atoms with E-state index in [1.807, 2.05) is 13.8 Å². The van der Waals surface area contributed by atoms with Crippen LogP contribution in [0, 0.1) is 5.92 Å². The van der Waals surface area contributed by atoms with Gasteiger partial charge in [0.05, 0.1) is 6.61 Å². The summed E-state index contributed by atoms with van der Waals surface area (Å²) < 4.78 is 16.8. The van der Waals surface area contributed by atoms with Crippen molar-refractivity contribution in [1.29, 1.82) is 0 Å². The van der Waals surface area contributed by atoms with E-state index in [4.69, 9.17) is 14.2 Å². The van der Waals surface area contributed by atoms with Crippen molar-refractivity contribution in [1.82, 2.24) is 0 Å². The molecule has 3 unspecified atom stereocenters. The molecule has 3 atom stereocenters. The smallest absolute Gasteiger partial charge is 0.314 e. The van der Waals surface area contributed by atoms with Crippen LogP contribution in [-0.2, 0) is 19.1 Å². The number of aliphatic carboxylic acids is 1. The van der Waals surface area contributed by atoms with Gasteiger partial charge in [-0.25, -0.2) is 0 Å². The first kappa shape index (κ1) is 18.4. The lowest BCUT2D eigenvalue weighted by Crippen LogP contribution is -2.27. The minimum Gasteiger partial charge on any atom is -0.491 e. The average Bonchev–Trinajstić information content (AvgIpc) is 2.84. The summed E-state index contributed by atoms with van der Waals surface area (Å²) in [5.74, 6) is -2.81. The number of hydrogen-bond donors (Lipinski definition) is 1. The van der Waals surface area contributed by atoms with Gasteiger partial charge in [-0.3, -0.25) is 9.59 Å². The van der Waals surface area contributed by atoms with E-state index in [0.717, 1.165) is 5.56 Å². The van der Waals surface area contributed by atoms with Crippen molar-refractivity contribution in [2.75, 3.05) is 13.2 Å². The molecule has 0 amide bonds. The lowest BCUT2D eigenvalue weighted by Gasteiger charge is -2.19. The molecule has 1 fully saturated rings. The summed E-state index contributed by atoms with van der Waals surface area (Å²) in [6.45, 7) is 7.62. The van der Waals surface area contributed by atoms with Gasteiger partial charge in [0, 0.05) is 5.92 Å². The van der Waals surface area contributed by atoms with Crippen LogP contribution in [0.1, 0.15) is 39.2 Å². The molecule has 6 heteroatoms. The Morgan fingerprint density at radius 2 is 1.96 bits per heavy atom. The van der Waals surface area contributed by atoms with E-state index in [1.165, 1.54) is 6.92 Å². The maximum atomic E-state index is 11.5. The van der Waals surface area contributed by atoms with Crippen molar-refractivity contribution in [3.63, 3.8) is 0 Å². The molecule has 1 aromatic rings. The molecule has 1 aliphatic rings. The fraction of sp³-hybridized carbons (Fsp3) is 0.556. The number of ether oxygens (including phenoxy) is 3. The molecule has 0 radical (unpaired) electrons. The van der Waals surface area contributed by atoms with Gasteiger partial charge in [0.1, 0.15) is 30.2 Å². The summed E-state index contributed by atoms with van der Waals surface area (Å²) in [4.78, 5) is 22.8. The van der Waals surface area contributed by atoms with E-state index in [2.05, 4.69) is 0 Å². The fourth-order valence-electron chi connectivity index (χ4n) is 2.83. The third-order valence-corrected chi connectivity index (χ3v) is 4.11. The molecule has 0 saturated carbocycles. The van der Waals surface area contributed by atoms with Crippen molar-refractivity contribution in [2.24, 2.45) is 5.92 Å². The van der Waals surface area contributed by atoms with Crippen molar-refractivity contribution >= 4 is 11.8 Å². The number of carbonyl (C=O) groups excluding carboxylic acids is 1. The molecule has 1 saturated heterocycles. The summed E-state index contributed by atoms with van der Waals surface area (Å²) in [5.41, 5.74) is 0.784. The van der Waals surface area contributed by atoms with Gasteiger partial charge < -0.3 is 19.3 Å². The van der Waals surface area contributed by atoms with Gasteiger partial charge in [-0.15, -0.1) is 0 Å². The first-order valence-electron chi connectivity index (χ1n) is 7.97. The summed E-state index contributed by atoms with van der Waals surface area (Å²) in [7, 11) is 0. The van der Waals surface area contributed by atoms with E-state index in [0.29, 0.717) is 19.0 Å². The predicted octanol–water partition coefficient (Wildman–Crippen LogP) is 2.61. The Morgan fingerprint density at radius 3 is 2.42 bits per heavy atom. The van der Waals surface area contributed by atoms with E-state index in [9.17, 15) is 14.7 Å². The van der Waals surface area contributed by atoms with Gasteiger partial charge in [-0.2, -0.15) is 0 Å². The SMILES string of the molecule is CC(=O)C(C(=O)O)C(C)c1ccc(OCC2COC(C)(C)O2)cc1. The Bertz CT molecular complexity index is 578. The molecule has 1 heterocycles. The van der Waals surface area contributed by atoms with Crippen molar-refractivity contribution in [2.45, 2.75) is 45.5 Å².